The fraction of sp³-hybridized carbons (Fsp3) is 0.424. The van der Waals surface area contributed by atoms with Crippen molar-refractivity contribution in [2.75, 3.05) is 11.9 Å². The lowest BCUT2D eigenvalue weighted by Crippen LogP contribution is -2.35. The molecule has 3 aromatic rings. The number of carbonyl (C=O) groups is 2. The largest absolute Gasteiger partial charge is 0.481 e. The molecule has 45 heavy (non-hydrogen) atoms. The van der Waals surface area contributed by atoms with Crippen molar-refractivity contribution in [1.29, 1.82) is 0 Å². The second kappa shape index (κ2) is 12.8. The summed E-state index contributed by atoms with van der Waals surface area (Å²) in [6.45, 7) is 3.76. The number of anilines is 1. The van der Waals surface area contributed by atoms with Crippen molar-refractivity contribution in [1.82, 2.24) is 4.98 Å². The number of nitrogens with one attached hydrogen (secondary N) is 1. The first kappa shape index (κ1) is 33.9. The van der Waals surface area contributed by atoms with Crippen LogP contribution in [0.1, 0.15) is 79.8 Å². The molecule has 12 heteroatoms. The lowest BCUT2D eigenvalue weighted by Gasteiger charge is -2.29. The van der Waals surface area contributed by atoms with Gasteiger partial charge in [0.05, 0.1) is 35.0 Å². The minimum atomic E-state index is -5.06. The van der Waals surface area contributed by atoms with Gasteiger partial charge in [0.25, 0.3) is 0 Å². The highest BCUT2D eigenvalue weighted by atomic mass is 19.4. The molecular weight excluding hydrogens is 605 g/mol. The summed E-state index contributed by atoms with van der Waals surface area (Å²) in [6, 6.07) is 7.10. The Morgan fingerprint density at radius 1 is 0.911 bits per heavy atom. The summed E-state index contributed by atoms with van der Waals surface area (Å²) in [4.78, 5) is 29.3. The van der Waals surface area contributed by atoms with E-state index in [4.69, 9.17) is 0 Å². The summed E-state index contributed by atoms with van der Waals surface area (Å²) >= 11 is 0. The van der Waals surface area contributed by atoms with Gasteiger partial charge in [-0.2, -0.15) is 26.3 Å². The van der Waals surface area contributed by atoms with Crippen LogP contribution in [0.4, 0.5) is 36.4 Å². The van der Waals surface area contributed by atoms with Gasteiger partial charge in [-0.15, -0.1) is 0 Å². The topological polar surface area (TPSA) is 79.3 Å². The van der Waals surface area contributed by atoms with Gasteiger partial charge in [-0.25, -0.2) is 4.39 Å². The Morgan fingerprint density at radius 2 is 1.53 bits per heavy atom. The molecule has 4 rings (SSSR count). The van der Waals surface area contributed by atoms with E-state index >= 15 is 0 Å². The monoisotopic (exact) mass is 638 g/mol. The summed E-state index contributed by atoms with van der Waals surface area (Å²) in [5.74, 6) is -2.04. The number of aromatic nitrogens is 1. The zero-order valence-electron chi connectivity index (χ0n) is 24.9. The number of ketones is 1. The molecule has 1 aliphatic rings. The first-order valence-corrected chi connectivity index (χ1v) is 14.4. The van der Waals surface area contributed by atoms with Crippen LogP contribution in [0, 0.1) is 18.7 Å². The first-order valence-electron chi connectivity index (χ1n) is 14.4. The Morgan fingerprint density at radius 3 is 2.11 bits per heavy atom. The highest BCUT2D eigenvalue weighted by molar-refractivity contribution is 5.93. The molecule has 0 aliphatic heterocycles. The molecule has 5 nitrogen and oxygen atoms in total. The van der Waals surface area contributed by atoms with Crippen LogP contribution in [-0.4, -0.2) is 28.4 Å². The third-order valence-electron chi connectivity index (χ3n) is 8.51. The molecule has 0 amide bonds. The maximum absolute atomic E-state index is 14.0. The smallest absolute Gasteiger partial charge is 0.416 e. The Balaban J connectivity index is 1.66. The number of halogens is 7. The number of pyridine rings is 1. The Labute approximate surface area is 255 Å². The number of benzene rings is 2. The van der Waals surface area contributed by atoms with Crippen molar-refractivity contribution in [2.45, 2.75) is 76.6 Å². The summed E-state index contributed by atoms with van der Waals surface area (Å²) in [6.07, 6.45) is -5.55. The Kier molecular flexibility index (Phi) is 9.65. The van der Waals surface area contributed by atoms with E-state index in [0.717, 1.165) is 19.3 Å². The van der Waals surface area contributed by atoms with Gasteiger partial charge in [-0.1, -0.05) is 12.5 Å². The van der Waals surface area contributed by atoms with Crippen LogP contribution in [0.2, 0.25) is 0 Å². The van der Waals surface area contributed by atoms with E-state index in [9.17, 15) is 45.4 Å². The number of carboxylic acid groups (broad SMARTS) is 1. The lowest BCUT2D eigenvalue weighted by atomic mass is 9.78. The van der Waals surface area contributed by atoms with Crippen molar-refractivity contribution in [3.63, 3.8) is 0 Å². The Bertz CT molecular complexity index is 1550. The maximum Gasteiger partial charge on any atom is 0.416 e. The van der Waals surface area contributed by atoms with Crippen molar-refractivity contribution in [3.8, 4) is 11.1 Å². The number of alkyl halides is 6. The van der Waals surface area contributed by atoms with Crippen molar-refractivity contribution in [3.05, 3.63) is 82.4 Å². The lowest BCUT2D eigenvalue weighted by molar-refractivity contribution is -0.143. The average molecular weight is 639 g/mol. The van der Waals surface area contributed by atoms with Crippen LogP contribution in [0.3, 0.4) is 0 Å². The fourth-order valence-electron chi connectivity index (χ4n) is 5.85. The number of nitrogens with zero attached hydrogens (tertiary/aromatic N) is 1. The predicted octanol–water partition coefficient (Wildman–Crippen LogP) is 8.94. The second-order valence-electron chi connectivity index (χ2n) is 12.1. The zero-order valence-corrected chi connectivity index (χ0v) is 24.9. The molecule has 242 valence electrons. The van der Waals surface area contributed by atoms with E-state index in [-0.39, 0.29) is 24.3 Å². The number of carboxylic acids is 1. The van der Waals surface area contributed by atoms with Crippen LogP contribution in [-0.2, 0) is 27.4 Å². The van der Waals surface area contributed by atoms with Gasteiger partial charge in [0.15, 0.2) is 5.78 Å². The molecule has 0 spiro atoms. The normalized spacial score (nSPS) is 17.6. The van der Waals surface area contributed by atoms with Crippen LogP contribution >= 0.6 is 0 Å². The Hall–Kier alpha value is -3.96. The number of aliphatic carboxylic acids is 1. The van der Waals surface area contributed by atoms with Gasteiger partial charge in [0.2, 0.25) is 0 Å². The molecule has 0 radical (unpaired) electrons. The number of Topliss-reactive ketones (excluding diaryl/α,β-unsaturated/α-hetero) is 1. The van der Waals surface area contributed by atoms with E-state index < -0.39 is 58.6 Å². The number of rotatable bonds is 9. The number of aryl methyl sites for hydroxylation is 1. The molecule has 0 saturated heterocycles. The summed E-state index contributed by atoms with van der Waals surface area (Å²) in [5, 5.41) is 12.2. The zero-order chi connectivity index (χ0) is 33.3. The summed E-state index contributed by atoms with van der Waals surface area (Å²) < 4.78 is 94.9. The molecule has 2 N–H and O–H groups in total. The quantitative estimate of drug-likeness (QED) is 0.229. The molecule has 1 aliphatic carbocycles. The van der Waals surface area contributed by atoms with Crippen LogP contribution < -0.4 is 5.32 Å². The highest BCUT2D eigenvalue weighted by Crippen LogP contribution is 2.41. The van der Waals surface area contributed by atoms with Crippen LogP contribution in [0.25, 0.3) is 11.1 Å². The predicted molar refractivity (Wildman–Crippen MR) is 154 cm³/mol. The standard InChI is InChI=1S/C33H33F7N2O3/c1-18-9-24(34)7-8-25(18)26-15-27(20-6-4-5-19(10-20)11-30(44)45)41-16-28(26)42-17-29(43)31(2,3)21-12-22(32(35,36)37)14-23(13-21)33(38,39)40/h7-9,12-16,19-20,42H,4-6,10-11,17H2,1-3H3,(H,44,45). The third kappa shape index (κ3) is 8.01. The van der Waals surface area contributed by atoms with Crippen molar-refractivity contribution >= 4 is 17.4 Å². The molecule has 2 unspecified atom stereocenters. The molecule has 1 saturated carbocycles. The molecule has 1 aromatic heterocycles. The van der Waals surface area contributed by atoms with E-state index in [1.165, 1.54) is 32.2 Å². The number of carbonyl (C=O) groups excluding carboxylic acids is 1. The molecule has 2 atom stereocenters. The molecule has 0 bridgehead atoms. The molecule has 1 fully saturated rings. The second-order valence-corrected chi connectivity index (χ2v) is 12.1. The van der Waals surface area contributed by atoms with Gasteiger partial charge < -0.3 is 10.4 Å². The van der Waals surface area contributed by atoms with Crippen LogP contribution in [0.15, 0.2) is 48.7 Å². The van der Waals surface area contributed by atoms with Gasteiger partial charge in [0, 0.05) is 23.6 Å². The maximum atomic E-state index is 14.0. The van der Waals surface area contributed by atoms with E-state index in [2.05, 4.69) is 10.3 Å². The minimum Gasteiger partial charge on any atom is -0.481 e. The van der Waals surface area contributed by atoms with E-state index in [1.807, 2.05) is 0 Å². The van der Waals surface area contributed by atoms with Gasteiger partial charge >= 0.3 is 18.3 Å². The van der Waals surface area contributed by atoms with Gasteiger partial charge in [-0.3, -0.25) is 14.6 Å². The van der Waals surface area contributed by atoms with Crippen LogP contribution in [0.5, 0.6) is 0 Å². The molecule has 2 aromatic carbocycles. The summed E-state index contributed by atoms with van der Waals surface area (Å²) in [7, 11) is 0. The highest BCUT2D eigenvalue weighted by Gasteiger charge is 2.40. The van der Waals surface area contributed by atoms with Gasteiger partial charge in [-0.05, 0) is 99.0 Å². The molecule has 1 heterocycles. The first-order chi connectivity index (χ1) is 20.9. The third-order valence-corrected chi connectivity index (χ3v) is 8.51. The van der Waals surface area contributed by atoms with E-state index in [0.29, 0.717) is 46.6 Å². The SMILES string of the molecule is Cc1cc(F)ccc1-c1cc(C2CCCC(CC(=O)O)C2)ncc1NCC(=O)C(C)(C)c1cc(C(F)(F)F)cc(C(F)(F)F)c1. The minimum absolute atomic E-state index is 0.00887. The van der Waals surface area contributed by atoms with Crippen molar-refractivity contribution < 1.29 is 45.4 Å². The summed E-state index contributed by atoms with van der Waals surface area (Å²) in [5.41, 5.74) is -2.37. The average Bonchev–Trinajstić information content (AvgIpc) is 2.94. The molecular formula is C33H33F7N2O3. The van der Waals surface area contributed by atoms with Crippen molar-refractivity contribution in [2.24, 2.45) is 5.92 Å². The van der Waals surface area contributed by atoms with E-state index in [1.54, 1.807) is 19.1 Å². The van der Waals surface area contributed by atoms with Gasteiger partial charge in [0.1, 0.15) is 5.82 Å². The fourth-order valence-corrected chi connectivity index (χ4v) is 5.85. The number of hydrogen-bond acceptors (Lipinski definition) is 4. The number of hydrogen-bond donors (Lipinski definition) is 2.